The van der Waals surface area contributed by atoms with Crippen LogP contribution in [-0.2, 0) is 14.3 Å². The zero-order valence-electron chi connectivity index (χ0n) is 13.8. The molecular formula is C19H16N2O5. The Morgan fingerprint density at radius 3 is 2.77 bits per heavy atom. The van der Waals surface area contributed by atoms with E-state index in [0.717, 1.165) is 16.2 Å². The molecule has 7 nitrogen and oxygen atoms in total. The third-order valence-corrected chi connectivity index (χ3v) is 3.79. The van der Waals surface area contributed by atoms with Gasteiger partial charge in [0.1, 0.15) is 0 Å². The van der Waals surface area contributed by atoms with Gasteiger partial charge in [0.15, 0.2) is 5.76 Å². The molecule has 1 fully saturated rings. The van der Waals surface area contributed by atoms with Crippen molar-refractivity contribution in [1.82, 2.24) is 9.88 Å². The number of rotatable bonds is 6. The van der Waals surface area contributed by atoms with Crippen molar-refractivity contribution in [3.05, 3.63) is 60.0 Å². The third-order valence-electron chi connectivity index (χ3n) is 3.79. The summed E-state index contributed by atoms with van der Waals surface area (Å²) in [7, 11) is 0. The molecule has 1 aliphatic rings. The van der Waals surface area contributed by atoms with Crippen molar-refractivity contribution >= 4 is 24.0 Å². The molecule has 7 heteroatoms. The van der Waals surface area contributed by atoms with Gasteiger partial charge in [0.05, 0.1) is 5.69 Å². The topological polar surface area (TPSA) is 96.8 Å². The van der Waals surface area contributed by atoms with Gasteiger partial charge in [-0.15, -0.1) is 0 Å². The molecule has 26 heavy (non-hydrogen) atoms. The molecule has 132 valence electrons. The average molecular weight is 352 g/mol. The van der Waals surface area contributed by atoms with Crippen molar-refractivity contribution in [3.63, 3.8) is 0 Å². The van der Waals surface area contributed by atoms with Crippen LogP contribution >= 0.6 is 0 Å². The van der Waals surface area contributed by atoms with E-state index < -0.39 is 18.0 Å². The Balaban J connectivity index is 1.77. The Bertz CT molecular complexity index is 877. The summed E-state index contributed by atoms with van der Waals surface area (Å²) >= 11 is 0. The van der Waals surface area contributed by atoms with Gasteiger partial charge in [0.2, 0.25) is 0 Å². The van der Waals surface area contributed by atoms with Crippen LogP contribution in [0.25, 0.3) is 17.3 Å². The van der Waals surface area contributed by atoms with Gasteiger partial charge in [-0.25, -0.2) is 9.69 Å². The lowest BCUT2D eigenvalue weighted by molar-refractivity contribution is -0.137. The number of hydrogen-bond acceptors (Lipinski definition) is 5. The first-order valence-electron chi connectivity index (χ1n) is 8.03. The maximum Gasteiger partial charge on any atom is 0.422 e. The second-order valence-electron chi connectivity index (χ2n) is 5.67. The lowest BCUT2D eigenvalue weighted by Crippen LogP contribution is -2.30. The fourth-order valence-electron chi connectivity index (χ4n) is 2.55. The van der Waals surface area contributed by atoms with E-state index in [2.05, 4.69) is 4.98 Å². The maximum atomic E-state index is 12.3. The first-order valence-corrected chi connectivity index (χ1v) is 8.03. The molecule has 3 rings (SSSR count). The van der Waals surface area contributed by atoms with Crippen molar-refractivity contribution < 1.29 is 24.2 Å². The highest BCUT2D eigenvalue weighted by Gasteiger charge is 2.36. The number of amides is 2. The third kappa shape index (κ3) is 3.94. The molecule has 1 aliphatic heterocycles. The van der Waals surface area contributed by atoms with Crippen LogP contribution in [-0.4, -0.2) is 39.5 Å². The predicted octanol–water partition coefficient (Wildman–Crippen LogP) is 2.93. The number of cyclic esters (lactones) is 1. The molecule has 1 saturated heterocycles. The summed E-state index contributed by atoms with van der Waals surface area (Å²) in [5.41, 5.74) is 2.35. The highest BCUT2D eigenvalue weighted by Crippen LogP contribution is 2.23. The van der Waals surface area contributed by atoms with Gasteiger partial charge in [-0.05, 0) is 36.3 Å². The molecule has 0 aliphatic carbocycles. The van der Waals surface area contributed by atoms with Gasteiger partial charge < -0.3 is 9.84 Å². The highest BCUT2D eigenvalue weighted by atomic mass is 16.6. The van der Waals surface area contributed by atoms with Crippen LogP contribution in [0.15, 0.2) is 54.4 Å². The number of carbonyl (C=O) groups is 3. The number of carboxylic acids is 1. The average Bonchev–Trinajstić information content (AvgIpc) is 2.90. The molecule has 0 radical (unpaired) electrons. The fraction of sp³-hybridized carbons (Fsp3) is 0.158. The number of benzene rings is 1. The molecule has 0 unspecified atom stereocenters. The van der Waals surface area contributed by atoms with E-state index >= 15 is 0 Å². The molecule has 2 amide bonds. The summed E-state index contributed by atoms with van der Waals surface area (Å²) in [5.74, 6) is -1.63. The largest absolute Gasteiger partial charge is 0.481 e. The van der Waals surface area contributed by atoms with Crippen molar-refractivity contribution in [1.29, 1.82) is 0 Å². The van der Waals surface area contributed by atoms with Gasteiger partial charge in [-0.1, -0.05) is 24.3 Å². The zero-order valence-corrected chi connectivity index (χ0v) is 13.8. The minimum atomic E-state index is -0.980. The number of aliphatic carboxylic acids is 1. The normalized spacial score (nSPS) is 15.4. The van der Waals surface area contributed by atoms with Crippen LogP contribution in [0.3, 0.4) is 0 Å². The number of ether oxygens (including phenoxy) is 1. The van der Waals surface area contributed by atoms with Crippen molar-refractivity contribution in [2.45, 2.75) is 12.8 Å². The van der Waals surface area contributed by atoms with Crippen LogP contribution < -0.4 is 0 Å². The second-order valence-corrected chi connectivity index (χ2v) is 5.67. The van der Waals surface area contributed by atoms with Crippen molar-refractivity contribution in [3.8, 4) is 11.3 Å². The summed E-state index contributed by atoms with van der Waals surface area (Å²) in [5, 5.41) is 8.65. The molecule has 2 heterocycles. The van der Waals surface area contributed by atoms with Crippen molar-refractivity contribution in [2.24, 2.45) is 0 Å². The number of carboxylic acid groups (broad SMARTS) is 1. The Morgan fingerprint density at radius 2 is 2.04 bits per heavy atom. The molecule has 0 spiro atoms. The van der Waals surface area contributed by atoms with Gasteiger partial charge in [0, 0.05) is 24.7 Å². The second kappa shape index (κ2) is 7.60. The molecule has 1 aromatic carbocycles. The number of hydrogen-bond donors (Lipinski definition) is 1. The number of nitrogens with zero attached hydrogens (tertiary/aromatic N) is 2. The van der Waals surface area contributed by atoms with Crippen LogP contribution in [0.4, 0.5) is 4.79 Å². The quantitative estimate of drug-likeness (QED) is 0.803. The number of pyridine rings is 1. The lowest BCUT2D eigenvalue weighted by Gasteiger charge is -2.08. The Hall–Kier alpha value is -3.48. The number of carbonyl (C=O) groups excluding carboxylic acids is 2. The molecule has 1 N–H and O–H groups in total. The van der Waals surface area contributed by atoms with Crippen LogP contribution in [0.1, 0.15) is 18.4 Å². The Morgan fingerprint density at radius 1 is 1.19 bits per heavy atom. The molecule has 0 bridgehead atoms. The van der Waals surface area contributed by atoms with Gasteiger partial charge >= 0.3 is 12.1 Å². The molecular weight excluding hydrogens is 336 g/mol. The molecule has 0 saturated carbocycles. The standard InChI is InChI=1S/C19H16N2O5/c22-17(23)8-4-10-21-18(24)16(26-19(21)25)12-13-5-3-6-14(11-13)15-7-1-2-9-20-15/h1-3,5-7,9,11-12H,4,8,10H2,(H,22,23)/b16-12-. The smallest absolute Gasteiger partial charge is 0.422 e. The molecule has 1 aromatic heterocycles. The van der Waals surface area contributed by atoms with E-state index in [9.17, 15) is 14.4 Å². The maximum absolute atomic E-state index is 12.3. The van der Waals surface area contributed by atoms with Crippen LogP contribution in [0.5, 0.6) is 0 Å². The van der Waals surface area contributed by atoms with E-state index in [4.69, 9.17) is 9.84 Å². The summed E-state index contributed by atoms with van der Waals surface area (Å²) in [6, 6.07) is 12.9. The van der Waals surface area contributed by atoms with Crippen molar-refractivity contribution in [2.75, 3.05) is 6.54 Å². The minimum Gasteiger partial charge on any atom is -0.481 e. The van der Waals surface area contributed by atoms with E-state index in [0.29, 0.717) is 5.56 Å². The predicted molar refractivity (Wildman–Crippen MR) is 92.7 cm³/mol. The zero-order chi connectivity index (χ0) is 18.5. The van der Waals surface area contributed by atoms with Crippen LogP contribution in [0, 0.1) is 0 Å². The van der Waals surface area contributed by atoms with Gasteiger partial charge in [-0.2, -0.15) is 0 Å². The first kappa shape index (κ1) is 17.3. The lowest BCUT2D eigenvalue weighted by atomic mass is 10.1. The monoisotopic (exact) mass is 352 g/mol. The Labute approximate surface area is 149 Å². The summed E-state index contributed by atoms with van der Waals surface area (Å²) in [4.78, 5) is 39.9. The van der Waals surface area contributed by atoms with E-state index in [1.165, 1.54) is 6.08 Å². The van der Waals surface area contributed by atoms with Gasteiger partial charge in [0.25, 0.3) is 5.91 Å². The van der Waals surface area contributed by atoms with E-state index in [1.54, 1.807) is 12.3 Å². The summed E-state index contributed by atoms with van der Waals surface area (Å²) in [6.45, 7) is 0.00921. The number of aromatic nitrogens is 1. The van der Waals surface area contributed by atoms with Crippen LogP contribution in [0.2, 0.25) is 0 Å². The minimum absolute atomic E-state index is 0.00921. The summed E-state index contributed by atoms with van der Waals surface area (Å²) in [6.07, 6.45) is 2.45. The van der Waals surface area contributed by atoms with E-state index in [-0.39, 0.29) is 25.1 Å². The molecule has 2 aromatic rings. The highest BCUT2D eigenvalue weighted by molar-refractivity contribution is 6.09. The Kier molecular flexibility index (Phi) is 5.07. The SMILES string of the molecule is O=C(O)CCCN1C(=O)O/C(=C\c2cccc(-c3ccccn3)c2)C1=O. The number of imide groups is 1. The first-order chi connectivity index (χ1) is 12.5. The van der Waals surface area contributed by atoms with E-state index in [1.807, 2.05) is 36.4 Å². The summed E-state index contributed by atoms with van der Waals surface area (Å²) < 4.78 is 5.03. The molecule has 0 atom stereocenters. The fourth-order valence-corrected chi connectivity index (χ4v) is 2.55. The van der Waals surface area contributed by atoms with Gasteiger partial charge in [-0.3, -0.25) is 14.6 Å².